The van der Waals surface area contributed by atoms with Crippen molar-refractivity contribution in [1.82, 2.24) is 15.0 Å². The van der Waals surface area contributed by atoms with Gasteiger partial charge in [0.05, 0.1) is 5.56 Å². The van der Waals surface area contributed by atoms with Crippen LogP contribution in [0.2, 0.25) is 0 Å². The van der Waals surface area contributed by atoms with Crippen molar-refractivity contribution in [2.45, 2.75) is 19.6 Å². The first-order chi connectivity index (χ1) is 12.4. The largest absolute Gasteiger partial charge is 0.416 e. The van der Waals surface area contributed by atoms with Gasteiger partial charge in [-0.3, -0.25) is 0 Å². The Morgan fingerprint density at radius 3 is 2.62 bits per heavy atom. The summed E-state index contributed by atoms with van der Waals surface area (Å²) in [7, 11) is 0. The van der Waals surface area contributed by atoms with Crippen LogP contribution in [0, 0.1) is 6.92 Å². The summed E-state index contributed by atoms with van der Waals surface area (Å²) in [5, 5.41) is 6.03. The number of nitrogens with zero attached hydrogens (tertiary/aromatic N) is 3. The molecule has 0 aliphatic rings. The number of rotatable bonds is 5. The lowest BCUT2D eigenvalue weighted by molar-refractivity contribution is -0.137. The zero-order valence-corrected chi connectivity index (χ0v) is 13.9. The van der Waals surface area contributed by atoms with Crippen molar-refractivity contribution < 1.29 is 13.2 Å². The van der Waals surface area contributed by atoms with E-state index in [1.54, 1.807) is 30.6 Å². The van der Waals surface area contributed by atoms with E-state index in [4.69, 9.17) is 0 Å². The van der Waals surface area contributed by atoms with Crippen LogP contribution in [0.25, 0.3) is 0 Å². The third-order valence-corrected chi connectivity index (χ3v) is 3.59. The minimum absolute atomic E-state index is 0.213. The Bertz CT molecular complexity index is 881. The highest BCUT2D eigenvalue weighted by Crippen LogP contribution is 2.29. The second kappa shape index (κ2) is 7.38. The van der Waals surface area contributed by atoms with Gasteiger partial charge < -0.3 is 10.6 Å². The molecular formula is C18H16F3N5. The van der Waals surface area contributed by atoms with Crippen LogP contribution in [0.1, 0.15) is 16.7 Å². The maximum atomic E-state index is 12.8. The first-order valence-corrected chi connectivity index (χ1v) is 7.83. The van der Waals surface area contributed by atoms with Crippen molar-refractivity contribution >= 4 is 17.6 Å². The van der Waals surface area contributed by atoms with Crippen LogP contribution < -0.4 is 10.6 Å². The molecule has 1 aromatic carbocycles. The number of nitrogens with one attached hydrogen (secondary N) is 2. The summed E-state index contributed by atoms with van der Waals surface area (Å²) < 4.78 is 38.4. The third kappa shape index (κ3) is 4.47. The molecule has 0 saturated heterocycles. The molecule has 3 rings (SSSR count). The molecule has 0 atom stereocenters. The fourth-order valence-corrected chi connectivity index (χ4v) is 2.28. The van der Waals surface area contributed by atoms with Gasteiger partial charge in [-0.25, -0.2) is 9.97 Å². The third-order valence-electron chi connectivity index (χ3n) is 3.59. The van der Waals surface area contributed by atoms with Crippen molar-refractivity contribution in [3.05, 3.63) is 71.5 Å². The summed E-state index contributed by atoms with van der Waals surface area (Å²) in [5.41, 5.74) is 0.620. The highest BCUT2D eigenvalue weighted by atomic mass is 19.4. The van der Waals surface area contributed by atoms with Gasteiger partial charge in [-0.2, -0.15) is 18.2 Å². The molecule has 8 heteroatoms. The summed E-state index contributed by atoms with van der Waals surface area (Å²) in [6.45, 7) is 2.03. The van der Waals surface area contributed by atoms with Gasteiger partial charge >= 0.3 is 6.18 Å². The van der Waals surface area contributed by atoms with Crippen molar-refractivity contribution in [3.63, 3.8) is 0 Å². The van der Waals surface area contributed by atoms with Crippen LogP contribution in [0.4, 0.5) is 30.8 Å². The van der Waals surface area contributed by atoms with Crippen LogP contribution in [-0.2, 0) is 12.7 Å². The molecule has 3 aromatic rings. The summed E-state index contributed by atoms with van der Waals surface area (Å²) in [6.07, 6.45) is -1.09. The minimum Gasteiger partial charge on any atom is -0.366 e. The average Bonchev–Trinajstić information content (AvgIpc) is 2.62. The zero-order chi connectivity index (χ0) is 18.6. The van der Waals surface area contributed by atoms with Gasteiger partial charge in [-0.1, -0.05) is 18.2 Å². The van der Waals surface area contributed by atoms with Gasteiger partial charge in [0.1, 0.15) is 11.6 Å². The quantitative estimate of drug-likeness (QED) is 0.699. The highest BCUT2D eigenvalue weighted by molar-refractivity contribution is 5.52. The molecule has 134 valence electrons. The van der Waals surface area contributed by atoms with E-state index in [1.165, 1.54) is 6.07 Å². The normalized spacial score (nSPS) is 11.2. The number of aromatic nitrogens is 3. The number of halogens is 3. The molecule has 0 aliphatic heterocycles. The van der Waals surface area contributed by atoms with Gasteiger partial charge in [0.2, 0.25) is 5.95 Å². The molecule has 0 aliphatic carbocycles. The van der Waals surface area contributed by atoms with Crippen molar-refractivity contribution in [2.24, 2.45) is 0 Å². The molecule has 2 heterocycles. The summed E-state index contributed by atoms with van der Waals surface area (Å²) in [6, 6.07) is 10.6. The molecule has 0 amide bonds. The predicted molar refractivity (Wildman–Crippen MR) is 93.1 cm³/mol. The van der Waals surface area contributed by atoms with Crippen LogP contribution in [0.5, 0.6) is 0 Å². The first kappa shape index (κ1) is 17.7. The van der Waals surface area contributed by atoms with E-state index in [-0.39, 0.29) is 6.54 Å². The molecule has 2 aromatic heterocycles. The number of benzene rings is 1. The number of pyridine rings is 1. The molecule has 0 fully saturated rings. The number of hydrogen-bond acceptors (Lipinski definition) is 5. The molecule has 5 nitrogen and oxygen atoms in total. The number of aryl methyl sites for hydroxylation is 1. The standard InChI is InChI=1S/C18H16F3N5/c1-12-10-24-17(25-15-7-2-3-8-22-15)26-16(12)23-11-13-5-4-6-14(9-13)18(19,20)21/h2-10H,11H2,1H3,(H2,22,23,24,25,26). The van der Waals surface area contributed by atoms with E-state index in [0.29, 0.717) is 23.1 Å². The lowest BCUT2D eigenvalue weighted by Crippen LogP contribution is -2.09. The van der Waals surface area contributed by atoms with E-state index < -0.39 is 11.7 Å². The van der Waals surface area contributed by atoms with Gasteiger partial charge in [-0.05, 0) is 36.8 Å². The van der Waals surface area contributed by atoms with Crippen molar-refractivity contribution in [3.8, 4) is 0 Å². The van der Waals surface area contributed by atoms with E-state index in [2.05, 4.69) is 25.6 Å². The van der Waals surface area contributed by atoms with Crippen LogP contribution in [0.15, 0.2) is 54.9 Å². The maximum absolute atomic E-state index is 12.8. The molecule has 2 N–H and O–H groups in total. The monoisotopic (exact) mass is 359 g/mol. The Labute approximate surface area is 148 Å². The van der Waals surface area contributed by atoms with E-state index in [9.17, 15) is 13.2 Å². The lowest BCUT2D eigenvalue weighted by Gasteiger charge is -2.12. The second-order valence-electron chi connectivity index (χ2n) is 5.62. The van der Waals surface area contributed by atoms with Crippen LogP contribution >= 0.6 is 0 Å². The molecule has 26 heavy (non-hydrogen) atoms. The Morgan fingerprint density at radius 1 is 1.04 bits per heavy atom. The maximum Gasteiger partial charge on any atom is 0.416 e. The van der Waals surface area contributed by atoms with Gasteiger partial charge in [0.15, 0.2) is 0 Å². The fourth-order valence-electron chi connectivity index (χ4n) is 2.28. The Hall–Kier alpha value is -3.16. The van der Waals surface area contributed by atoms with E-state index >= 15 is 0 Å². The van der Waals surface area contributed by atoms with Crippen LogP contribution in [-0.4, -0.2) is 15.0 Å². The molecular weight excluding hydrogens is 343 g/mol. The molecule has 0 unspecified atom stereocenters. The Balaban J connectivity index is 1.73. The number of alkyl halides is 3. The highest BCUT2D eigenvalue weighted by Gasteiger charge is 2.30. The zero-order valence-electron chi connectivity index (χ0n) is 13.9. The summed E-state index contributed by atoms with van der Waals surface area (Å²) in [4.78, 5) is 12.7. The lowest BCUT2D eigenvalue weighted by atomic mass is 10.1. The average molecular weight is 359 g/mol. The van der Waals surface area contributed by atoms with Crippen molar-refractivity contribution in [1.29, 1.82) is 0 Å². The van der Waals surface area contributed by atoms with Crippen molar-refractivity contribution in [2.75, 3.05) is 10.6 Å². The fraction of sp³-hybridized carbons (Fsp3) is 0.167. The Kier molecular flexibility index (Phi) is 5.01. The number of anilines is 3. The van der Waals surface area contributed by atoms with Crippen LogP contribution in [0.3, 0.4) is 0 Å². The minimum atomic E-state index is -4.36. The predicted octanol–water partition coefficient (Wildman–Crippen LogP) is 4.55. The van der Waals surface area contributed by atoms with Gasteiger partial charge in [0.25, 0.3) is 0 Å². The topological polar surface area (TPSA) is 62.7 Å². The summed E-state index contributed by atoms with van der Waals surface area (Å²) >= 11 is 0. The molecule has 0 bridgehead atoms. The molecule has 0 saturated carbocycles. The number of hydrogen-bond donors (Lipinski definition) is 2. The molecule has 0 radical (unpaired) electrons. The van der Waals surface area contributed by atoms with E-state index in [0.717, 1.165) is 17.7 Å². The second-order valence-corrected chi connectivity index (χ2v) is 5.62. The summed E-state index contributed by atoms with van der Waals surface area (Å²) in [5.74, 6) is 1.48. The first-order valence-electron chi connectivity index (χ1n) is 7.83. The van der Waals surface area contributed by atoms with E-state index in [1.807, 2.05) is 13.0 Å². The Morgan fingerprint density at radius 2 is 1.88 bits per heavy atom. The molecule has 0 spiro atoms. The smallest absolute Gasteiger partial charge is 0.366 e. The van der Waals surface area contributed by atoms with Gasteiger partial charge in [0, 0.05) is 24.5 Å². The SMILES string of the molecule is Cc1cnc(Nc2ccccn2)nc1NCc1cccc(C(F)(F)F)c1. The van der Waals surface area contributed by atoms with Gasteiger partial charge in [-0.15, -0.1) is 0 Å².